The Labute approximate surface area is 103 Å². The van der Waals surface area contributed by atoms with E-state index in [0.717, 1.165) is 31.5 Å². The molecule has 1 atom stereocenters. The van der Waals surface area contributed by atoms with Gasteiger partial charge in [-0.25, -0.2) is 0 Å². The lowest BCUT2D eigenvalue weighted by molar-refractivity contribution is 0.0744. The first-order valence-electron chi connectivity index (χ1n) is 6.29. The Hall–Kier alpha value is -1.35. The zero-order valence-corrected chi connectivity index (χ0v) is 10.6. The van der Waals surface area contributed by atoms with E-state index in [0.29, 0.717) is 6.04 Å². The van der Waals surface area contributed by atoms with Gasteiger partial charge < -0.3 is 10.2 Å². The molecule has 2 rings (SSSR count). The molecule has 1 aromatic carbocycles. The van der Waals surface area contributed by atoms with E-state index < -0.39 is 0 Å². The summed E-state index contributed by atoms with van der Waals surface area (Å²) in [5.74, 6) is 0.126. The first kappa shape index (κ1) is 12.1. The molecule has 0 unspecified atom stereocenters. The topological polar surface area (TPSA) is 32.3 Å². The fraction of sp³-hybridized carbons (Fsp3) is 0.500. The third kappa shape index (κ3) is 2.67. The number of aryl methyl sites for hydroxylation is 1. The van der Waals surface area contributed by atoms with Gasteiger partial charge in [0.05, 0.1) is 0 Å². The van der Waals surface area contributed by atoms with Crippen LogP contribution in [0.3, 0.4) is 0 Å². The maximum atomic E-state index is 12.2. The van der Waals surface area contributed by atoms with Crippen LogP contribution in [-0.2, 0) is 6.42 Å². The Morgan fingerprint density at radius 3 is 2.65 bits per heavy atom. The molecule has 1 aromatic rings. The van der Waals surface area contributed by atoms with E-state index in [4.69, 9.17) is 0 Å². The van der Waals surface area contributed by atoms with Gasteiger partial charge in [0, 0.05) is 25.2 Å². The molecule has 1 amide bonds. The maximum Gasteiger partial charge on any atom is 0.253 e. The van der Waals surface area contributed by atoms with Crippen molar-refractivity contribution in [2.75, 3.05) is 20.1 Å². The van der Waals surface area contributed by atoms with Gasteiger partial charge in [0.1, 0.15) is 0 Å². The lowest BCUT2D eigenvalue weighted by Gasteiger charge is -2.23. The number of nitrogens with one attached hydrogen (secondary N) is 1. The molecule has 0 aliphatic carbocycles. The number of carbonyl (C=O) groups excluding carboxylic acids is 1. The Bertz CT molecular complexity index is 380. The minimum absolute atomic E-state index is 0.126. The van der Waals surface area contributed by atoms with Gasteiger partial charge in [-0.15, -0.1) is 0 Å². The fourth-order valence-electron chi connectivity index (χ4n) is 2.22. The van der Waals surface area contributed by atoms with Crippen molar-refractivity contribution in [3.8, 4) is 0 Å². The number of hydrogen-bond donors (Lipinski definition) is 1. The summed E-state index contributed by atoms with van der Waals surface area (Å²) in [6, 6.07) is 8.27. The number of benzene rings is 1. The monoisotopic (exact) mass is 232 g/mol. The average Bonchev–Trinajstić information content (AvgIpc) is 2.91. The van der Waals surface area contributed by atoms with Crippen LogP contribution in [0.4, 0.5) is 0 Å². The summed E-state index contributed by atoms with van der Waals surface area (Å²) in [6.07, 6.45) is 2.06. The van der Waals surface area contributed by atoms with Gasteiger partial charge in [-0.3, -0.25) is 4.79 Å². The summed E-state index contributed by atoms with van der Waals surface area (Å²) in [5.41, 5.74) is 2.06. The molecule has 0 radical (unpaired) electrons. The van der Waals surface area contributed by atoms with E-state index in [-0.39, 0.29) is 5.91 Å². The van der Waals surface area contributed by atoms with Crippen molar-refractivity contribution in [2.45, 2.75) is 25.8 Å². The molecule has 0 spiro atoms. The maximum absolute atomic E-state index is 12.2. The highest BCUT2D eigenvalue weighted by Gasteiger charge is 2.23. The largest absolute Gasteiger partial charge is 0.337 e. The van der Waals surface area contributed by atoms with Gasteiger partial charge >= 0.3 is 0 Å². The third-order valence-electron chi connectivity index (χ3n) is 3.51. The molecule has 1 N–H and O–H groups in total. The summed E-state index contributed by atoms with van der Waals surface area (Å²) < 4.78 is 0. The quantitative estimate of drug-likeness (QED) is 0.860. The van der Waals surface area contributed by atoms with Crippen molar-refractivity contribution < 1.29 is 4.79 Å². The summed E-state index contributed by atoms with van der Waals surface area (Å²) in [6.45, 7) is 4.04. The predicted octanol–water partition coefficient (Wildman–Crippen LogP) is 1.68. The van der Waals surface area contributed by atoms with Crippen LogP contribution in [0.2, 0.25) is 0 Å². The molecule has 3 nitrogen and oxygen atoms in total. The van der Waals surface area contributed by atoms with Crippen molar-refractivity contribution in [3.05, 3.63) is 35.4 Å². The second-order valence-corrected chi connectivity index (χ2v) is 4.61. The number of rotatable bonds is 3. The molecule has 3 heteroatoms. The van der Waals surface area contributed by atoms with Crippen LogP contribution in [0.1, 0.15) is 29.3 Å². The molecule has 0 saturated carbocycles. The number of amides is 1. The predicted molar refractivity (Wildman–Crippen MR) is 69.2 cm³/mol. The number of carbonyl (C=O) groups is 1. The summed E-state index contributed by atoms with van der Waals surface area (Å²) in [4.78, 5) is 14.1. The lowest BCUT2D eigenvalue weighted by Crippen LogP contribution is -2.38. The van der Waals surface area contributed by atoms with E-state index in [1.165, 1.54) is 5.56 Å². The Morgan fingerprint density at radius 2 is 2.12 bits per heavy atom. The van der Waals surface area contributed by atoms with E-state index in [1.54, 1.807) is 0 Å². The molecule has 92 valence electrons. The summed E-state index contributed by atoms with van der Waals surface area (Å²) in [7, 11) is 1.90. The number of nitrogens with zero attached hydrogens (tertiary/aromatic N) is 1. The highest BCUT2D eigenvalue weighted by atomic mass is 16.2. The summed E-state index contributed by atoms with van der Waals surface area (Å²) >= 11 is 0. The molecule has 1 aliphatic heterocycles. The van der Waals surface area contributed by atoms with Gasteiger partial charge in [0.25, 0.3) is 5.91 Å². The van der Waals surface area contributed by atoms with Crippen molar-refractivity contribution in [2.24, 2.45) is 0 Å². The Balaban J connectivity index is 2.07. The second kappa shape index (κ2) is 5.32. The van der Waals surface area contributed by atoms with Crippen LogP contribution in [0.5, 0.6) is 0 Å². The zero-order valence-electron chi connectivity index (χ0n) is 10.6. The molecule has 1 heterocycles. The Morgan fingerprint density at radius 1 is 1.41 bits per heavy atom. The van der Waals surface area contributed by atoms with Crippen molar-refractivity contribution in [1.82, 2.24) is 10.2 Å². The van der Waals surface area contributed by atoms with Crippen LogP contribution in [0, 0.1) is 0 Å². The van der Waals surface area contributed by atoms with Crippen molar-refractivity contribution in [3.63, 3.8) is 0 Å². The van der Waals surface area contributed by atoms with E-state index in [2.05, 4.69) is 12.2 Å². The Kier molecular flexibility index (Phi) is 3.79. The highest BCUT2D eigenvalue weighted by molar-refractivity contribution is 5.94. The molecule has 1 fully saturated rings. The van der Waals surface area contributed by atoms with Gasteiger partial charge in [-0.2, -0.15) is 0 Å². The molecule has 0 aromatic heterocycles. The molecular formula is C14H20N2O. The number of hydrogen-bond acceptors (Lipinski definition) is 2. The molecular weight excluding hydrogens is 212 g/mol. The van der Waals surface area contributed by atoms with E-state index in [1.807, 2.05) is 36.2 Å². The van der Waals surface area contributed by atoms with Crippen LogP contribution in [-0.4, -0.2) is 37.0 Å². The van der Waals surface area contributed by atoms with Gasteiger partial charge in [-0.05, 0) is 37.1 Å². The van der Waals surface area contributed by atoms with Crippen molar-refractivity contribution >= 4 is 5.91 Å². The molecule has 1 saturated heterocycles. The van der Waals surface area contributed by atoms with Crippen LogP contribution >= 0.6 is 0 Å². The van der Waals surface area contributed by atoms with Crippen LogP contribution in [0.25, 0.3) is 0 Å². The lowest BCUT2D eigenvalue weighted by atomic mass is 10.1. The first-order chi connectivity index (χ1) is 8.22. The zero-order chi connectivity index (χ0) is 12.3. The van der Waals surface area contributed by atoms with Crippen LogP contribution in [0.15, 0.2) is 24.3 Å². The second-order valence-electron chi connectivity index (χ2n) is 4.61. The normalized spacial score (nSPS) is 19.3. The minimum atomic E-state index is 0.126. The smallest absolute Gasteiger partial charge is 0.253 e. The fourth-order valence-corrected chi connectivity index (χ4v) is 2.22. The van der Waals surface area contributed by atoms with Gasteiger partial charge in [0.15, 0.2) is 0 Å². The minimum Gasteiger partial charge on any atom is -0.337 e. The van der Waals surface area contributed by atoms with Crippen LogP contribution < -0.4 is 5.32 Å². The van der Waals surface area contributed by atoms with Gasteiger partial charge in [0.2, 0.25) is 0 Å². The van der Waals surface area contributed by atoms with Gasteiger partial charge in [-0.1, -0.05) is 19.1 Å². The third-order valence-corrected chi connectivity index (χ3v) is 3.51. The highest BCUT2D eigenvalue weighted by Crippen LogP contribution is 2.12. The van der Waals surface area contributed by atoms with E-state index in [9.17, 15) is 4.79 Å². The van der Waals surface area contributed by atoms with E-state index >= 15 is 0 Å². The first-order valence-corrected chi connectivity index (χ1v) is 6.29. The molecule has 1 aliphatic rings. The number of likely N-dealkylation sites (N-methyl/N-ethyl adjacent to an activating group) is 1. The SMILES string of the molecule is CCc1ccc(C(=O)N(C)[C@@H]2CCNC2)cc1. The average molecular weight is 232 g/mol. The molecule has 0 bridgehead atoms. The molecule has 17 heavy (non-hydrogen) atoms. The summed E-state index contributed by atoms with van der Waals surface area (Å²) in [5, 5.41) is 3.28. The standard InChI is InChI=1S/C14H20N2O/c1-3-11-4-6-12(7-5-11)14(17)16(2)13-8-9-15-10-13/h4-7,13,15H,3,8-10H2,1-2H3/t13-/m1/s1. The van der Waals surface area contributed by atoms with Crippen molar-refractivity contribution in [1.29, 1.82) is 0 Å².